The van der Waals surface area contributed by atoms with Gasteiger partial charge < -0.3 is 10.1 Å². The average Bonchev–Trinajstić information content (AvgIpc) is 2.91. The first-order chi connectivity index (χ1) is 12.0. The Kier molecular flexibility index (Phi) is 5.68. The molecule has 26 heavy (non-hydrogen) atoms. The molecule has 0 aliphatic heterocycles. The van der Waals surface area contributed by atoms with Crippen LogP contribution in [0.2, 0.25) is 0 Å². The zero-order valence-electron chi connectivity index (χ0n) is 16.6. The summed E-state index contributed by atoms with van der Waals surface area (Å²) in [4.78, 5) is 29.0. The van der Waals surface area contributed by atoms with Gasteiger partial charge in [0.25, 0.3) is 0 Å². The van der Waals surface area contributed by atoms with Crippen LogP contribution in [0.5, 0.6) is 0 Å². The highest BCUT2D eigenvalue weighted by Gasteiger charge is 2.33. The van der Waals surface area contributed by atoms with E-state index >= 15 is 0 Å². The summed E-state index contributed by atoms with van der Waals surface area (Å²) in [6.45, 7) is 11.5. The lowest BCUT2D eigenvalue weighted by Crippen LogP contribution is -2.49. The molecule has 0 saturated heterocycles. The lowest BCUT2D eigenvalue weighted by molar-refractivity contribution is -0.148. The molecule has 2 rings (SSSR count). The van der Waals surface area contributed by atoms with Gasteiger partial charge in [0, 0.05) is 23.9 Å². The number of esters is 1. The maximum atomic E-state index is 12.4. The molecule has 0 aliphatic rings. The van der Waals surface area contributed by atoms with Gasteiger partial charge in [-0.1, -0.05) is 20.8 Å². The molecule has 0 fully saturated rings. The number of carbonyl (C=O) groups excluding carboxylic acids is 2. The van der Waals surface area contributed by atoms with Crippen LogP contribution in [0, 0.1) is 26.2 Å². The van der Waals surface area contributed by atoms with Crippen molar-refractivity contribution in [2.24, 2.45) is 5.41 Å². The molecule has 2 heterocycles. The molecule has 1 atom stereocenters. The smallest absolute Gasteiger partial charge is 0.328 e. The molecule has 2 aromatic rings. The minimum atomic E-state index is -0.684. The molecule has 1 amide bonds. The maximum Gasteiger partial charge on any atom is 0.328 e. The van der Waals surface area contributed by atoms with Gasteiger partial charge in [-0.05, 0) is 38.2 Å². The fourth-order valence-corrected chi connectivity index (χ4v) is 3.02. The predicted molar refractivity (Wildman–Crippen MR) is 98.9 cm³/mol. The molecule has 0 saturated carbocycles. The largest absolute Gasteiger partial charge is 0.467 e. The van der Waals surface area contributed by atoms with Crippen LogP contribution >= 0.6 is 0 Å². The van der Waals surface area contributed by atoms with Crippen LogP contribution in [0.15, 0.2) is 6.07 Å². The van der Waals surface area contributed by atoms with Crippen molar-refractivity contribution in [2.75, 3.05) is 7.11 Å². The third-order valence-corrected chi connectivity index (χ3v) is 4.50. The third kappa shape index (κ3) is 4.20. The number of carbonyl (C=O) groups is 2. The quantitative estimate of drug-likeness (QED) is 0.827. The number of methoxy groups -OCH3 is 1. The second-order valence-electron chi connectivity index (χ2n) is 7.71. The van der Waals surface area contributed by atoms with Crippen molar-refractivity contribution >= 4 is 17.5 Å². The molecule has 0 aliphatic carbocycles. The van der Waals surface area contributed by atoms with Gasteiger partial charge in [0.1, 0.15) is 6.04 Å². The molecule has 1 unspecified atom stereocenters. The summed E-state index contributed by atoms with van der Waals surface area (Å²) in [6.07, 6.45) is 0.794. The molecule has 7 nitrogen and oxygen atoms in total. The van der Waals surface area contributed by atoms with Gasteiger partial charge in [0.05, 0.1) is 12.8 Å². The minimum absolute atomic E-state index is 0.189. The van der Waals surface area contributed by atoms with Crippen molar-refractivity contribution in [3.05, 3.63) is 28.7 Å². The number of ether oxygens (including phenoxy) is 1. The Balaban J connectivity index is 2.14. The molecule has 0 aromatic carbocycles. The second kappa shape index (κ2) is 7.43. The SMILES string of the molecule is COC(=O)C(NC(=O)CCc1c(C)nc2cc(C)nn2c1C)C(C)(C)C. The zero-order chi connectivity index (χ0) is 19.6. The second-order valence-corrected chi connectivity index (χ2v) is 7.71. The number of amides is 1. The summed E-state index contributed by atoms with van der Waals surface area (Å²) < 4.78 is 6.62. The van der Waals surface area contributed by atoms with Gasteiger partial charge in [-0.3, -0.25) is 4.79 Å². The first-order valence-electron chi connectivity index (χ1n) is 8.74. The minimum Gasteiger partial charge on any atom is -0.467 e. The Morgan fingerprint density at radius 1 is 1.27 bits per heavy atom. The highest BCUT2D eigenvalue weighted by molar-refractivity contribution is 5.85. The van der Waals surface area contributed by atoms with Crippen molar-refractivity contribution in [3.63, 3.8) is 0 Å². The van der Waals surface area contributed by atoms with Crippen molar-refractivity contribution in [1.82, 2.24) is 19.9 Å². The van der Waals surface area contributed by atoms with Crippen LogP contribution in [0.4, 0.5) is 0 Å². The maximum absolute atomic E-state index is 12.4. The number of aromatic nitrogens is 3. The zero-order valence-corrected chi connectivity index (χ0v) is 16.6. The Labute approximate surface area is 154 Å². The van der Waals surface area contributed by atoms with E-state index in [1.54, 1.807) is 0 Å². The Hall–Kier alpha value is -2.44. The normalized spacial score (nSPS) is 12.9. The van der Waals surface area contributed by atoms with Gasteiger partial charge in [0.2, 0.25) is 5.91 Å². The van der Waals surface area contributed by atoms with Gasteiger partial charge in [0.15, 0.2) is 5.65 Å². The van der Waals surface area contributed by atoms with Crippen LogP contribution in [-0.4, -0.2) is 39.6 Å². The lowest BCUT2D eigenvalue weighted by Gasteiger charge is -2.29. The molecule has 1 N–H and O–H groups in total. The van der Waals surface area contributed by atoms with E-state index in [0.29, 0.717) is 6.42 Å². The number of aryl methyl sites for hydroxylation is 3. The van der Waals surface area contributed by atoms with Crippen LogP contribution in [-0.2, 0) is 20.7 Å². The number of fused-ring (bicyclic) bond motifs is 1. The topological polar surface area (TPSA) is 85.6 Å². The van der Waals surface area contributed by atoms with Crippen molar-refractivity contribution in [3.8, 4) is 0 Å². The van der Waals surface area contributed by atoms with Gasteiger partial charge in [-0.15, -0.1) is 0 Å². The van der Waals surface area contributed by atoms with Gasteiger partial charge >= 0.3 is 5.97 Å². The van der Waals surface area contributed by atoms with Crippen LogP contribution in [0.3, 0.4) is 0 Å². The molecule has 0 bridgehead atoms. The first kappa shape index (κ1) is 19.9. The summed E-state index contributed by atoms with van der Waals surface area (Å²) in [5, 5.41) is 7.25. The Morgan fingerprint density at radius 3 is 2.50 bits per heavy atom. The molecule has 2 aromatic heterocycles. The summed E-state index contributed by atoms with van der Waals surface area (Å²) in [5.74, 6) is -0.626. The van der Waals surface area contributed by atoms with Gasteiger partial charge in [-0.2, -0.15) is 5.10 Å². The monoisotopic (exact) mass is 360 g/mol. The summed E-state index contributed by atoms with van der Waals surface area (Å²) in [6, 6.07) is 1.25. The fourth-order valence-electron chi connectivity index (χ4n) is 3.02. The molecular weight excluding hydrogens is 332 g/mol. The van der Waals surface area contributed by atoms with Crippen molar-refractivity contribution in [2.45, 2.75) is 60.4 Å². The van der Waals surface area contributed by atoms with Gasteiger partial charge in [-0.25, -0.2) is 14.3 Å². The van der Waals surface area contributed by atoms with Crippen LogP contribution < -0.4 is 5.32 Å². The standard InChI is InChI=1S/C19H28N4O3/c1-11-10-15-20-12(2)14(13(3)23(15)22-11)8-9-16(24)21-17(18(25)26-7)19(4,5)6/h10,17H,8-9H2,1-7H3,(H,21,24). The van der Waals surface area contributed by atoms with E-state index in [2.05, 4.69) is 15.4 Å². The number of nitrogens with one attached hydrogen (secondary N) is 1. The Bertz CT molecular complexity index is 833. The van der Waals surface area contributed by atoms with E-state index in [4.69, 9.17) is 4.74 Å². The third-order valence-electron chi connectivity index (χ3n) is 4.50. The summed E-state index contributed by atoms with van der Waals surface area (Å²) in [5.41, 5.74) is 4.16. The van der Waals surface area contributed by atoms with E-state index in [1.165, 1.54) is 7.11 Å². The summed E-state index contributed by atoms with van der Waals surface area (Å²) in [7, 11) is 1.33. The molecule has 0 spiro atoms. The molecular formula is C19H28N4O3. The van der Waals surface area contributed by atoms with E-state index in [9.17, 15) is 9.59 Å². The van der Waals surface area contributed by atoms with Crippen molar-refractivity contribution in [1.29, 1.82) is 0 Å². The summed E-state index contributed by atoms with van der Waals surface area (Å²) >= 11 is 0. The highest BCUT2D eigenvalue weighted by Crippen LogP contribution is 2.21. The number of hydrogen-bond donors (Lipinski definition) is 1. The Morgan fingerprint density at radius 2 is 1.92 bits per heavy atom. The van der Waals surface area contributed by atoms with E-state index in [-0.39, 0.29) is 12.3 Å². The van der Waals surface area contributed by atoms with Crippen molar-refractivity contribution < 1.29 is 14.3 Å². The first-order valence-corrected chi connectivity index (χ1v) is 8.74. The van der Waals surface area contributed by atoms with Crippen LogP contribution in [0.25, 0.3) is 5.65 Å². The molecule has 7 heteroatoms. The average molecular weight is 360 g/mol. The lowest BCUT2D eigenvalue weighted by atomic mass is 9.86. The predicted octanol–water partition coefficient (Wildman–Crippen LogP) is 2.29. The fraction of sp³-hybridized carbons (Fsp3) is 0.579. The van der Waals surface area contributed by atoms with E-state index in [1.807, 2.05) is 52.1 Å². The molecule has 142 valence electrons. The van der Waals surface area contributed by atoms with Crippen LogP contribution in [0.1, 0.15) is 49.8 Å². The number of hydrogen-bond acceptors (Lipinski definition) is 5. The highest BCUT2D eigenvalue weighted by atomic mass is 16.5. The van der Waals surface area contributed by atoms with E-state index in [0.717, 1.165) is 28.3 Å². The number of rotatable bonds is 5. The molecule has 0 radical (unpaired) electrons. The number of nitrogens with zero attached hydrogens (tertiary/aromatic N) is 3. The van der Waals surface area contributed by atoms with E-state index < -0.39 is 17.4 Å².